The summed E-state index contributed by atoms with van der Waals surface area (Å²) in [6.07, 6.45) is 2.43. The van der Waals surface area contributed by atoms with Gasteiger partial charge in [0.25, 0.3) is 0 Å². The zero-order valence-corrected chi connectivity index (χ0v) is 13.5. The summed E-state index contributed by atoms with van der Waals surface area (Å²) in [4.78, 5) is 4.03. The lowest BCUT2D eigenvalue weighted by Crippen LogP contribution is -2.34. The lowest BCUT2D eigenvalue weighted by Gasteiger charge is -2.20. The number of likely N-dealkylation sites (tertiary alicyclic amines) is 1. The Bertz CT molecular complexity index is 523. The van der Waals surface area contributed by atoms with Crippen LogP contribution in [0.25, 0.3) is 0 Å². The molecule has 2 atom stereocenters. The summed E-state index contributed by atoms with van der Waals surface area (Å²) in [5, 5.41) is 5.94. The van der Waals surface area contributed by atoms with E-state index < -0.39 is 0 Å². The Balaban J connectivity index is 1.43. The monoisotopic (exact) mass is 300 g/mol. The summed E-state index contributed by atoms with van der Waals surface area (Å²) >= 11 is 1.85. The number of nitrogens with zero attached hydrogens (tertiary/aromatic N) is 1. The highest BCUT2D eigenvalue weighted by atomic mass is 32.1. The van der Waals surface area contributed by atoms with Crippen molar-refractivity contribution < 1.29 is 0 Å². The van der Waals surface area contributed by atoms with Crippen molar-refractivity contribution in [1.29, 1.82) is 0 Å². The van der Waals surface area contributed by atoms with Crippen molar-refractivity contribution in [1.82, 2.24) is 10.2 Å². The summed E-state index contributed by atoms with van der Waals surface area (Å²) in [5.74, 6) is 0. The van der Waals surface area contributed by atoms with Gasteiger partial charge in [0.1, 0.15) is 0 Å². The van der Waals surface area contributed by atoms with Gasteiger partial charge in [-0.15, -0.1) is 11.3 Å². The number of thiophene rings is 1. The molecule has 1 N–H and O–H groups in total. The fraction of sp³-hybridized carbons (Fsp3) is 0.444. The summed E-state index contributed by atoms with van der Waals surface area (Å²) in [6.45, 7) is 5.86. The number of hydrogen-bond acceptors (Lipinski definition) is 3. The summed E-state index contributed by atoms with van der Waals surface area (Å²) < 4.78 is 0. The highest BCUT2D eigenvalue weighted by Gasteiger charge is 2.23. The topological polar surface area (TPSA) is 15.3 Å². The summed E-state index contributed by atoms with van der Waals surface area (Å²) in [7, 11) is 0. The highest BCUT2D eigenvalue weighted by Crippen LogP contribution is 2.21. The van der Waals surface area contributed by atoms with Crippen LogP contribution < -0.4 is 5.32 Å². The predicted octanol–water partition coefficient (Wildman–Crippen LogP) is 3.72. The maximum Gasteiger partial charge on any atom is 0.0388 e. The van der Waals surface area contributed by atoms with E-state index in [-0.39, 0.29) is 0 Å². The zero-order chi connectivity index (χ0) is 14.5. The van der Waals surface area contributed by atoms with E-state index in [9.17, 15) is 0 Å². The average Bonchev–Trinajstić information content (AvgIpc) is 3.18. The Kier molecular flexibility index (Phi) is 5.07. The van der Waals surface area contributed by atoms with E-state index in [1.807, 2.05) is 11.3 Å². The summed E-state index contributed by atoms with van der Waals surface area (Å²) in [6, 6.07) is 16.3. The van der Waals surface area contributed by atoms with E-state index in [1.54, 1.807) is 0 Å². The molecule has 2 aromatic rings. The first-order valence-electron chi connectivity index (χ1n) is 7.87. The molecule has 1 aliphatic rings. The Morgan fingerprint density at radius 3 is 2.86 bits per heavy atom. The van der Waals surface area contributed by atoms with E-state index in [2.05, 4.69) is 65.0 Å². The molecule has 1 unspecified atom stereocenters. The lowest BCUT2D eigenvalue weighted by molar-refractivity contribution is 0.327. The first-order valence-corrected chi connectivity index (χ1v) is 8.75. The second-order valence-electron chi connectivity index (χ2n) is 5.93. The van der Waals surface area contributed by atoms with Crippen LogP contribution >= 0.6 is 11.3 Å². The van der Waals surface area contributed by atoms with Gasteiger partial charge in [-0.1, -0.05) is 36.4 Å². The van der Waals surface area contributed by atoms with Crippen LogP contribution in [0.4, 0.5) is 0 Å². The standard InChI is InChI=1S/C18H24N2S/c1-15(18-8-5-13-21-18)19-17-10-12-20(14-17)11-9-16-6-3-2-4-7-16/h2-8,13,15,17,19H,9-12,14H2,1H3/t15-,17?/m1/s1. The highest BCUT2D eigenvalue weighted by molar-refractivity contribution is 7.10. The molecule has 1 fully saturated rings. The number of hydrogen-bond donors (Lipinski definition) is 1. The maximum absolute atomic E-state index is 3.78. The third kappa shape index (κ3) is 4.16. The van der Waals surface area contributed by atoms with E-state index in [0.717, 1.165) is 6.42 Å². The van der Waals surface area contributed by atoms with Crippen LogP contribution in [-0.2, 0) is 6.42 Å². The minimum atomic E-state index is 0.476. The van der Waals surface area contributed by atoms with Crippen molar-refractivity contribution in [3.8, 4) is 0 Å². The van der Waals surface area contributed by atoms with Gasteiger partial charge in [-0.25, -0.2) is 0 Å². The molecule has 1 aromatic carbocycles. The van der Waals surface area contributed by atoms with Gasteiger partial charge in [-0.2, -0.15) is 0 Å². The lowest BCUT2D eigenvalue weighted by atomic mass is 10.1. The maximum atomic E-state index is 3.78. The second kappa shape index (κ2) is 7.21. The fourth-order valence-electron chi connectivity index (χ4n) is 3.08. The predicted molar refractivity (Wildman–Crippen MR) is 90.9 cm³/mol. The average molecular weight is 300 g/mol. The number of nitrogens with one attached hydrogen (secondary N) is 1. The molecule has 21 heavy (non-hydrogen) atoms. The van der Waals surface area contributed by atoms with E-state index in [1.165, 1.54) is 36.5 Å². The Labute approximate surface area is 131 Å². The van der Waals surface area contributed by atoms with Crippen molar-refractivity contribution >= 4 is 11.3 Å². The number of rotatable bonds is 6. The largest absolute Gasteiger partial charge is 0.305 e. The van der Waals surface area contributed by atoms with Gasteiger partial charge in [-0.05, 0) is 43.3 Å². The molecule has 112 valence electrons. The molecule has 0 saturated carbocycles. The van der Waals surface area contributed by atoms with Gasteiger partial charge < -0.3 is 10.2 Å². The van der Waals surface area contributed by atoms with E-state index >= 15 is 0 Å². The molecular weight excluding hydrogens is 276 g/mol. The van der Waals surface area contributed by atoms with Crippen LogP contribution in [-0.4, -0.2) is 30.6 Å². The summed E-state index contributed by atoms with van der Waals surface area (Å²) in [5.41, 5.74) is 1.45. The van der Waals surface area contributed by atoms with Crippen molar-refractivity contribution in [2.75, 3.05) is 19.6 Å². The van der Waals surface area contributed by atoms with Crippen LogP contribution in [0.15, 0.2) is 47.8 Å². The molecule has 1 aliphatic heterocycles. The van der Waals surface area contributed by atoms with Crippen LogP contribution in [0, 0.1) is 0 Å². The van der Waals surface area contributed by atoms with E-state index in [0.29, 0.717) is 12.1 Å². The van der Waals surface area contributed by atoms with Gasteiger partial charge in [0.05, 0.1) is 0 Å². The van der Waals surface area contributed by atoms with Gasteiger partial charge in [0.2, 0.25) is 0 Å². The smallest absolute Gasteiger partial charge is 0.0388 e. The number of benzene rings is 1. The normalized spacial score (nSPS) is 20.7. The molecule has 0 amide bonds. The quantitative estimate of drug-likeness (QED) is 0.875. The second-order valence-corrected chi connectivity index (χ2v) is 6.90. The molecular formula is C18H24N2S. The molecule has 0 bridgehead atoms. The van der Waals surface area contributed by atoms with Gasteiger partial charge in [0.15, 0.2) is 0 Å². The van der Waals surface area contributed by atoms with Gasteiger partial charge >= 0.3 is 0 Å². The minimum absolute atomic E-state index is 0.476. The zero-order valence-electron chi connectivity index (χ0n) is 12.7. The van der Waals surface area contributed by atoms with Crippen LogP contribution in [0.1, 0.15) is 29.8 Å². The molecule has 0 spiro atoms. The van der Waals surface area contributed by atoms with Gasteiger partial charge in [0, 0.05) is 30.1 Å². The molecule has 0 radical (unpaired) electrons. The molecule has 2 nitrogen and oxygen atoms in total. The molecule has 3 rings (SSSR count). The van der Waals surface area contributed by atoms with Crippen molar-refractivity contribution in [3.05, 3.63) is 58.3 Å². The Morgan fingerprint density at radius 1 is 1.24 bits per heavy atom. The molecule has 1 saturated heterocycles. The molecule has 1 aromatic heterocycles. The van der Waals surface area contributed by atoms with Crippen molar-refractivity contribution in [3.63, 3.8) is 0 Å². The Hall–Kier alpha value is -1.16. The third-order valence-electron chi connectivity index (χ3n) is 4.29. The third-order valence-corrected chi connectivity index (χ3v) is 5.34. The minimum Gasteiger partial charge on any atom is -0.305 e. The van der Waals surface area contributed by atoms with E-state index in [4.69, 9.17) is 0 Å². The molecule has 3 heteroatoms. The fourth-order valence-corrected chi connectivity index (χ4v) is 3.82. The SMILES string of the molecule is C[C@@H](NC1CCN(CCc2ccccc2)C1)c1cccs1. The first-order chi connectivity index (χ1) is 10.3. The van der Waals surface area contributed by atoms with Crippen molar-refractivity contribution in [2.45, 2.75) is 31.8 Å². The molecule has 2 heterocycles. The first kappa shape index (κ1) is 14.8. The van der Waals surface area contributed by atoms with Crippen LogP contribution in [0.3, 0.4) is 0 Å². The van der Waals surface area contributed by atoms with Crippen molar-refractivity contribution in [2.24, 2.45) is 0 Å². The van der Waals surface area contributed by atoms with Crippen LogP contribution in [0.2, 0.25) is 0 Å². The molecule has 0 aliphatic carbocycles. The van der Waals surface area contributed by atoms with Gasteiger partial charge in [-0.3, -0.25) is 0 Å². The van der Waals surface area contributed by atoms with Crippen LogP contribution in [0.5, 0.6) is 0 Å². The Morgan fingerprint density at radius 2 is 2.10 bits per heavy atom.